The topological polar surface area (TPSA) is 112 Å². The Hall–Kier alpha value is -3.42. The van der Waals surface area contributed by atoms with Crippen LogP contribution in [0.1, 0.15) is 30.1 Å². The van der Waals surface area contributed by atoms with Crippen molar-refractivity contribution in [1.82, 2.24) is 5.32 Å². The van der Waals surface area contributed by atoms with Gasteiger partial charge in [-0.15, -0.1) is 0 Å². The number of benzene rings is 2. The second-order valence-electron chi connectivity index (χ2n) is 6.13. The van der Waals surface area contributed by atoms with Crippen LogP contribution in [-0.2, 0) is 4.79 Å². The number of para-hydroxylation sites is 1. The molecule has 4 N–H and O–H groups in total. The fraction of sp³-hybridized carbons (Fsp3) is 0.300. The highest BCUT2D eigenvalue weighted by Gasteiger charge is 2.17. The molecule has 8 heteroatoms. The quantitative estimate of drug-likeness (QED) is 0.476. The van der Waals surface area contributed by atoms with E-state index < -0.39 is 0 Å². The first-order valence-corrected chi connectivity index (χ1v) is 9.07. The number of anilines is 2. The molecule has 0 saturated carbocycles. The minimum Gasteiger partial charge on any atom is -0.493 e. The molecule has 28 heavy (non-hydrogen) atoms. The SMILES string of the molecule is CCOc1ccccc1C(=O)NCCCC(=O)Nc1cc2c(cc1N)OCO2. The summed E-state index contributed by atoms with van der Waals surface area (Å²) in [6, 6.07) is 10.3. The summed E-state index contributed by atoms with van der Waals surface area (Å²) in [7, 11) is 0. The van der Waals surface area contributed by atoms with E-state index >= 15 is 0 Å². The van der Waals surface area contributed by atoms with E-state index in [1.165, 1.54) is 0 Å². The lowest BCUT2D eigenvalue weighted by atomic mass is 10.2. The zero-order valence-electron chi connectivity index (χ0n) is 15.6. The van der Waals surface area contributed by atoms with Gasteiger partial charge in [0.1, 0.15) is 5.75 Å². The summed E-state index contributed by atoms with van der Waals surface area (Å²) in [6.07, 6.45) is 0.722. The highest BCUT2D eigenvalue weighted by molar-refractivity contribution is 5.97. The van der Waals surface area contributed by atoms with E-state index in [2.05, 4.69) is 10.6 Å². The summed E-state index contributed by atoms with van der Waals surface area (Å²) in [6.45, 7) is 2.84. The first-order valence-electron chi connectivity index (χ1n) is 9.07. The molecular formula is C20H23N3O5. The Morgan fingerprint density at radius 1 is 1.18 bits per heavy atom. The maximum absolute atomic E-state index is 12.3. The highest BCUT2D eigenvalue weighted by Crippen LogP contribution is 2.38. The van der Waals surface area contributed by atoms with Gasteiger partial charge in [-0.1, -0.05) is 12.1 Å². The van der Waals surface area contributed by atoms with Crippen LogP contribution < -0.4 is 30.6 Å². The Morgan fingerprint density at radius 2 is 1.93 bits per heavy atom. The Morgan fingerprint density at radius 3 is 2.71 bits per heavy atom. The Labute approximate surface area is 163 Å². The van der Waals surface area contributed by atoms with Crippen molar-refractivity contribution in [2.75, 3.05) is 31.0 Å². The first-order chi connectivity index (χ1) is 13.6. The summed E-state index contributed by atoms with van der Waals surface area (Å²) in [5.41, 5.74) is 7.27. The number of carbonyl (C=O) groups is 2. The van der Waals surface area contributed by atoms with Gasteiger partial charge in [0.2, 0.25) is 12.7 Å². The zero-order chi connectivity index (χ0) is 19.9. The number of ether oxygens (including phenoxy) is 3. The lowest BCUT2D eigenvalue weighted by molar-refractivity contribution is -0.116. The molecule has 0 spiro atoms. The van der Waals surface area contributed by atoms with E-state index in [-0.39, 0.29) is 25.0 Å². The van der Waals surface area contributed by atoms with E-state index in [4.69, 9.17) is 19.9 Å². The smallest absolute Gasteiger partial charge is 0.255 e. The molecule has 3 rings (SSSR count). The molecular weight excluding hydrogens is 362 g/mol. The number of carbonyl (C=O) groups excluding carboxylic acids is 2. The maximum Gasteiger partial charge on any atom is 0.255 e. The number of hydrogen-bond donors (Lipinski definition) is 3. The minimum absolute atomic E-state index is 0.137. The molecule has 0 fully saturated rings. The molecule has 2 amide bonds. The summed E-state index contributed by atoms with van der Waals surface area (Å²) in [5.74, 6) is 1.22. The first kappa shape index (κ1) is 19.3. The van der Waals surface area contributed by atoms with Crippen LogP contribution >= 0.6 is 0 Å². The van der Waals surface area contributed by atoms with Crippen molar-refractivity contribution in [3.05, 3.63) is 42.0 Å². The van der Waals surface area contributed by atoms with Gasteiger partial charge in [0.25, 0.3) is 5.91 Å². The molecule has 0 radical (unpaired) electrons. The van der Waals surface area contributed by atoms with Crippen molar-refractivity contribution in [2.45, 2.75) is 19.8 Å². The van der Waals surface area contributed by atoms with Gasteiger partial charge in [-0.05, 0) is 25.5 Å². The minimum atomic E-state index is -0.232. The molecule has 0 atom stereocenters. The zero-order valence-corrected chi connectivity index (χ0v) is 15.6. The molecule has 1 aliphatic heterocycles. The predicted molar refractivity (Wildman–Crippen MR) is 105 cm³/mol. The van der Waals surface area contributed by atoms with E-state index in [0.717, 1.165) is 0 Å². The van der Waals surface area contributed by atoms with Gasteiger partial charge in [-0.3, -0.25) is 9.59 Å². The van der Waals surface area contributed by atoms with Crippen molar-refractivity contribution >= 4 is 23.2 Å². The van der Waals surface area contributed by atoms with Gasteiger partial charge in [0, 0.05) is 25.1 Å². The second kappa shape index (κ2) is 8.98. The average Bonchev–Trinajstić information content (AvgIpc) is 3.13. The third-order valence-corrected chi connectivity index (χ3v) is 4.12. The molecule has 2 aromatic carbocycles. The van der Waals surface area contributed by atoms with Crippen LogP contribution in [0.2, 0.25) is 0 Å². The van der Waals surface area contributed by atoms with Gasteiger partial charge in [-0.25, -0.2) is 0 Å². The normalized spacial score (nSPS) is 11.8. The Bertz CT molecular complexity index is 869. The lowest BCUT2D eigenvalue weighted by Crippen LogP contribution is -2.26. The van der Waals surface area contributed by atoms with Gasteiger partial charge in [0.15, 0.2) is 11.5 Å². The maximum atomic E-state index is 12.3. The summed E-state index contributed by atoms with van der Waals surface area (Å²) < 4.78 is 16.0. The van der Waals surface area contributed by atoms with Crippen molar-refractivity contribution < 1.29 is 23.8 Å². The van der Waals surface area contributed by atoms with E-state index in [1.807, 2.05) is 13.0 Å². The number of nitrogens with one attached hydrogen (secondary N) is 2. The van der Waals surface area contributed by atoms with Gasteiger partial charge >= 0.3 is 0 Å². The molecule has 0 aromatic heterocycles. The van der Waals surface area contributed by atoms with Gasteiger partial charge in [0.05, 0.1) is 23.5 Å². The predicted octanol–water partition coefficient (Wildman–Crippen LogP) is 2.54. The van der Waals surface area contributed by atoms with Crippen molar-refractivity contribution in [1.29, 1.82) is 0 Å². The Kier molecular flexibility index (Phi) is 6.21. The number of hydrogen-bond acceptors (Lipinski definition) is 6. The van der Waals surface area contributed by atoms with Crippen LogP contribution in [0.3, 0.4) is 0 Å². The number of fused-ring (bicyclic) bond motifs is 1. The number of nitrogens with two attached hydrogens (primary N) is 1. The van der Waals surface area contributed by atoms with Crippen LogP contribution in [0.4, 0.5) is 11.4 Å². The van der Waals surface area contributed by atoms with Gasteiger partial charge < -0.3 is 30.6 Å². The fourth-order valence-corrected chi connectivity index (χ4v) is 2.76. The summed E-state index contributed by atoms with van der Waals surface area (Å²) in [5, 5.41) is 5.56. The van der Waals surface area contributed by atoms with Crippen LogP contribution in [0.15, 0.2) is 36.4 Å². The molecule has 0 unspecified atom stereocenters. The van der Waals surface area contributed by atoms with Gasteiger partial charge in [-0.2, -0.15) is 0 Å². The molecule has 8 nitrogen and oxygen atoms in total. The van der Waals surface area contributed by atoms with E-state index in [9.17, 15) is 9.59 Å². The van der Waals surface area contributed by atoms with Crippen molar-refractivity contribution in [3.63, 3.8) is 0 Å². The Balaban J connectivity index is 1.45. The highest BCUT2D eigenvalue weighted by atomic mass is 16.7. The molecule has 1 heterocycles. The van der Waals surface area contributed by atoms with Crippen LogP contribution in [-0.4, -0.2) is 31.8 Å². The second-order valence-corrected chi connectivity index (χ2v) is 6.13. The molecule has 0 aliphatic carbocycles. The third kappa shape index (κ3) is 4.64. The number of amides is 2. The monoisotopic (exact) mass is 385 g/mol. The third-order valence-electron chi connectivity index (χ3n) is 4.12. The van der Waals surface area contributed by atoms with Crippen molar-refractivity contribution in [3.8, 4) is 17.2 Å². The standard InChI is InChI=1S/C20H23N3O5/c1-2-26-16-7-4-3-6-13(16)20(25)22-9-5-8-19(24)23-15-11-18-17(10-14(15)21)27-12-28-18/h3-4,6-7,10-11H,2,5,8-9,12,21H2,1H3,(H,22,25)(H,23,24). The molecule has 2 aromatic rings. The molecule has 148 valence electrons. The lowest BCUT2D eigenvalue weighted by Gasteiger charge is -2.11. The number of nitrogen functional groups attached to an aromatic ring is 1. The van der Waals surface area contributed by atoms with Crippen LogP contribution in [0, 0.1) is 0 Å². The van der Waals surface area contributed by atoms with Crippen molar-refractivity contribution in [2.24, 2.45) is 0 Å². The molecule has 1 aliphatic rings. The fourth-order valence-electron chi connectivity index (χ4n) is 2.76. The summed E-state index contributed by atoms with van der Waals surface area (Å²) >= 11 is 0. The van der Waals surface area contributed by atoms with Crippen LogP contribution in [0.25, 0.3) is 0 Å². The van der Waals surface area contributed by atoms with Crippen LogP contribution in [0.5, 0.6) is 17.2 Å². The number of rotatable bonds is 8. The summed E-state index contributed by atoms with van der Waals surface area (Å²) in [4.78, 5) is 24.4. The van der Waals surface area contributed by atoms with E-state index in [0.29, 0.717) is 53.8 Å². The average molecular weight is 385 g/mol. The van der Waals surface area contributed by atoms with E-state index in [1.54, 1.807) is 30.3 Å². The molecule has 0 bridgehead atoms. The largest absolute Gasteiger partial charge is 0.493 e. The molecule has 0 saturated heterocycles.